The van der Waals surface area contributed by atoms with Gasteiger partial charge < -0.3 is 9.80 Å². The third kappa shape index (κ3) is 2.78. The molecule has 0 amide bonds. The van der Waals surface area contributed by atoms with Crippen LogP contribution in [-0.4, -0.2) is 48.6 Å². The third-order valence-electron chi connectivity index (χ3n) is 4.48. The summed E-state index contributed by atoms with van der Waals surface area (Å²) in [6, 6.07) is 0.748. The Hall–Kier alpha value is -0.0800. The van der Waals surface area contributed by atoms with E-state index in [2.05, 4.69) is 37.5 Å². The first kappa shape index (κ1) is 12.4. The molecule has 2 aliphatic heterocycles. The summed E-state index contributed by atoms with van der Waals surface area (Å²) in [5, 5.41) is 0. The van der Waals surface area contributed by atoms with Gasteiger partial charge in [0, 0.05) is 32.2 Å². The van der Waals surface area contributed by atoms with Crippen molar-refractivity contribution in [2.24, 2.45) is 17.8 Å². The molecule has 0 saturated carbocycles. The molecule has 0 radical (unpaired) electrons. The van der Waals surface area contributed by atoms with Crippen LogP contribution in [0.25, 0.3) is 0 Å². The van der Waals surface area contributed by atoms with Crippen LogP contribution in [0, 0.1) is 17.8 Å². The van der Waals surface area contributed by atoms with Gasteiger partial charge in [-0.05, 0) is 44.6 Å². The maximum atomic E-state index is 2.70. The van der Waals surface area contributed by atoms with Crippen LogP contribution in [0.2, 0.25) is 0 Å². The number of rotatable bonds is 4. The molecule has 94 valence electrons. The summed E-state index contributed by atoms with van der Waals surface area (Å²) >= 11 is 0. The van der Waals surface area contributed by atoms with Gasteiger partial charge in [-0.3, -0.25) is 0 Å². The fourth-order valence-electron chi connectivity index (χ4n) is 3.08. The predicted octanol–water partition coefficient (Wildman–Crippen LogP) is 2.30. The Bertz CT molecular complexity index is 219. The minimum Gasteiger partial charge on any atom is -0.303 e. The summed E-state index contributed by atoms with van der Waals surface area (Å²) in [6.07, 6.45) is 1.43. The van der Waals surface area contributed by atoms with E-state index in [4.69, 9.17) is 0 Å². The Morgan fingerprint density at radius 3 is 2.25 bits per heavy atom. The van der Waals surface area contributed by atoms with E-state index in [0.29, 0.717) is 0 Å². The fraction of sp³-hybridized carbons (Fsp3) is 1.00. The predicted molar refractivity (Wildman–Crippen MR) is 69.6 cm³/mol. The molecule has 0 aromatic carbocycles. The van der Waals surface area contributed by atoms with E-state index in [9.17, 15) is 0 Å². The maximum absolute atomic E-state index is 2.70. The topological polar surface area (TPSA) is 6.48 Å². The molecule has 0 unspecified atom stereocenters. The second-order valence-electron chi connectivity index (χ2n) is 6.47. The van der Waals surface area contributed by atoms with Gasteiger partial charge in [0.1, 0.15) is 0 Å². The Balaban J connectivity index is 1.66. The molecule has 2 saturated heterocycles. The average molecular weight is 224 g/mol. The zero-order chi connectivity index (χ0) is 11.7. The van der Waals surface area contributed by atoms with Crippen LogP contribution in [0.15, 0.2) is 0 Å². The monoisotopic (exact) mass is 224 g/mol. The van der Waals surface area contributed by atoms with Crippen molar-refractivity contribution in [3.63, 3.8) is 0 Å². The molecule has 1 atom stereocenters. The lowest BCUT2D eigenvalue weighted by atomic mass is 9.95. The molecule has 0 N–H and O–H groups in total. The quantitative estimate of drug-likeness (QED) is 0.723. The number of likely N-dealkylation sites (tertiary alicyclic amines) is 2. The van der Waals surface area contributed by atoms with Crippen molar-refractivity contribution in [3.8, 4) is 0 Å². The van der Waals surface area contributed by atoms with Crippen LogP contribution >= 0.6 is 0 Å². The zero-order valence-corrected chi connectivity index (χ0v) is 11.4. The van der Waals surface area contributed by atoms with Crippen LogP contribution in [-0.2, 0) is 0 Å². The molecule has 0 aromatic rings. The van der Waals surface area contributed by atoms with Gasteiger partial charge in [0.05, 0.1) is 0 Å². The van der Waals surface area contributed by atoms with Crippen molar-refractivity contribution in [1.29, 1.82) is 0 Å². The van der Waals surface area contributed by atoms with Gasteiger partial charge in [-0.2, -0.15) is 0 Å². The van der Waals surface area contributed by atoms with Crippen molar-refractivity contribution in [2.45, 2.75) is 40.2 Å². The van der Waals surface area contributed by atoms with Gasteiger partial charge in [-0.25, -0.2) is 0 Å². The van der Waals surface area contributed by atoms with E-state index in [1.807, 2.05) is 0 Å². The summed E-state index contributed by atoms with van der Waals surface area (Å²) in [5.74, 6) is 2.79. The first-order chi connectivity index (χ1) is 7.56. The fourth-order valence-corrected chi connectivity index (χ4v) is 3.08. The SMILES string of the molecule is CC(C)[C@@H]1CCN(CC2CN(C(C)C)C2)C1. The Kier molecular flexibility index (Phi) is 3.91. The molecule has 2 heterocycles. The molecule has 2 nitrogen and oxygen atoms in total. The van der Waals surface area contributed by atoms with Crippen molar-refractivity contribution in [3.05, 3.63) is 0 Å². The van der Waals surface area contributed by atoms with Gasteiger partial charge in [-0.15, -0.1) is 0 Å². The van der Waals surface area contributed by atoms with Gasteiger partial charge in [-0.1, -0.05) is 13.8 Å². The maximum Gasteiger partial charge on any atom is 0.00388 e. The van der Waals surface area contributed by atoms with Crippen molar-refractivity contribution in [2.75, 3.05) is 32.7 Å². The number of hydrogen-bond donors (Lipinski definition) is 0. The molecule has 0 bridgehead atoms. The first-order valence-corrected chi connectivity index (χ1v) is 7.02. The van der Waals surface area contributed by atoms with E-state index in [1.54, 1.807) is 0 Å². The Morgan fingerprint density at radius 1 is 1.06 bits per heavy atom. The number of hydrogen-bond acceptors (Lipinski definition) is 2. The van der Waals surface area contributed by atoms with E-state index in [-0.39, 0.29) is 0 Å². The minimum atomic E-state index is 0.748. The minimum absolute atomic E-state index is 0.748. The average Bonchev–Trinajstić information content (AvgIpc) is 2.58. The summed E-state index contributed by atoms with van der Waals surface area (Å²) in [4.78, 5) is 5.29. The highest BCUT2D eigenvalue weighted by molar-refractivity contribution is 4.87. The normalized spacial score (nSPS) is 29.2. The smallest absolute Gasteiger partial charge is 0.00388 e. The van der Waals surface area contributed by atoms with E-state index in [0.717, 1.165) is 23.8 Å². The molecule has 16 heavy (non-hydrogen) atoms. The van der Waals surface area contributed by atoms with Crippen LogP contribution in [0.4, 0.5) is 0 Å². The highest BCUT2D eigenvalue weighted by Gasteiger charge is 2.32. The molecule has 2 heteroatoms. The standard InChI is InChI=1S/C14H28N2/c1-11(2)14-5-6-15(10-14)7-13-8-16(9-13)12(3)4/h11-14H,5-10H2,1-4H3/t14-/m1/s1. The summed E-state index contributed by atoms with van der Waals surface area (Å²) in [7, 11) is 0. The molecule has 0 aliphatic carbocycles. The molecule has 2 aliphatic rings. The third-order valence-corrected chi connectivity index (χ3v) is 4.48. The Labute approximate surface area is 101 Å². The van der Waals surface area contributed by atoms with Gasteiger partial charge in [0.2, 0.25) is 0 Å². The molecule has 2 fully saturated rings. The summed E-state index contributed by atoms with van der Waals surface area (Å²) in [5.41, 5.74) is 0. The van der Waals surface area contributed by atoms with Crippen molar-refractivity contribution in [1.82, 2.24) is 9.80 Å². The van der Waals surface area contributed by atoms with Gasteiger partial charge in [0.25, 0.3) is 0 Å². The largest absolute Gasteiger partial charge is 0.303 e. The second kappa shape index (κ2) is 5.05. The zero-order valence-electron chi connectivity index (χ0n) is 11.4. The molecular weight excluding hydrogens is 196 g/mol. The highest BCUT2D eigenvalue weighted by Crippen LogP contribution is 2.26. The van der Waals surface area contributed by atoms with Gasteiger partial charge >= 0.3 is 0 Å². The lowest BCUT2D eigenvalue weighted by Gasteiger charge is -2.43. The number of nitrogens with zero attached hydrogens (tertiary/aromatic N) is 2. The lowest BCUT2D eigenvalue weighted by molar-refractivity contribution is 0.0461. The first-order valence-electron chi connectivity index (χ1n) is 7.02. The van der Waals surface area contributed by atoms with Gasteiger partial charge in [0.15, 0.2) is 0 Å². The van der Waals surface area contributed by atoms with E-state index >= 15 is 0 Å². The highest BCUT2D eigenvalue weighted by atomic mass is 15.2. The molecule has 2 rings (SSSR count). The lowest BCUT2D eigenvalue weighted by Crippen LogP contribution is -2.53. The molecular formula is C14H28N2. The summed E-state index contributed by atoms with van der Waals surface area (Å²) < 4.78 is 0. The van der Waals surface area contributed by atoms with Crippen LogP contribution in [0.3, 0.4) is 0 Å². The van der Waals surface area contributed by atoms with Crippen molar-refractivity contribution >= 4 is 0 Å². The summed E-state index contributed by atoms with van der Waals surface area (Å²) in [6.45, 7) is 16.1. The molecule has 0 spiro atoms. The van der Waals surface area contributed by atoms with Crippen LogP contribution in [0.1, 0.15) is 34.1 Å². The van der Waals surface area contributed by atoms with Crippen molar-refractivity contribution < 1.29 is 0 Å². The van der Waals surface area contributed by atoms with E-state index < -0.39 is 0 Å². The van der Waals surface area contributed by atoms with Crippen LogP contribution < -0.4 is 0 Å². The van der Waals surface area contributed by atoms with Crippen LogP contribution in [0.5, 0.6) is 0 Å². The Morgan fingerprint density at radius 2 is 1.75 bits per heavy atom. The van der Waals surface area contributed by atoms with E-state index in [1.165, 1.54) is 39.1 Å². The second-order valence-corrected chi connectivity index (χ2v) is 6.47. The molecule has 0 aromatic heterocycles.